The van der Waals surface area contributed by atoms with Crippen LogP contribution in [0.25, 0.3) is 0 Å². The fourth-order valence-corrected chi connectivity index (χ4v) is 4.03. The van der Waals surface area contributed by atoms with E-state index in [1.807, 2.05) is 29.2 Å². The third-order valence-corrected chi connectivity index (χ3v) is 6.23. The van der Waals surface area contributed by atoms with Crippen molar-refractivity contribution in [3.05, 3.63) is 29.8 Å². The Morgan fingerprint density at radius 1 is 1.14 bits per heavy atom. The predicted molar refractivity (Wildman–Crippen MR) is 107 cm³/mol. The third kappa shape index (κ3) is 4.71. The lowest BCUT2D eigenvalue weighted by Gasteiger charge is -2.44. The van der Waals surface area contributed by atoms with Gasteiger partial charge < -0.3 is 19.9 Å². The lowest BCUT2D eigenvalue weighted by atomic mass is 10.0. The molecule has 0 bridgehead atoms. The second kappa shape index (κ2) is 8.43. The molecule has 29 heavy (non-hydrogen) atoms. The Balaban J connectivity index is 1.19. The molecule has 1 aromatic carbocycles. The van der Waals surface area contributed by atoms with Crippen LogP contribution in [0.1, 0.15) is 31.2 Å². The van der Waals surface area contributed by atoms with Gasteiger partial charge in [0.25, 0.3) is 0 Å². The smallest absolute Gasteiger partial charge is 0.225 e. The van der Waals surface area contributed by atoms with Crippen molar-refractivity contribution in [1.29, 1.82) is 0 Å². The Bertz CT molecular complexity index is 769. The van der Waals surface area contributed by atoms with E-state index in [0.717, 1.165) is 17.9 Å². The molecule has 3 aliphatic rings. The second-order valence-corrected chi connectivity index (χ2v) is 8.44. The number of rotatable bonds is 8. The molecule has 1 unspecified atom stereocenters. The number of nitrogens with one attached hydrogen (secondary N) is 1. The fraction of sp³-hybridized carbons (Fsp3) is 0.591. The van der Waals surface area contributed by atoms with Crippen molar-refractivity contribution in [3.63, 3.8) is 0 Å². The van der Waals surface area contributed by atoms with E-state index >= 15 is 0 Å². The first-order chi connectivity index (χ1) is 14.0. The van der Waals surface area contributed by atoms with E-state index < -0.39 is 0 Å². The van der Waals surface area contributed by atoms with Crippen LogP contribution in [-0.4, -0.2) is 66.9 Å². The fourth-order valence-electron chi connectivity index (χ4n) is 4.03. The van der Waals surface area contributed by atoms with Gasteiger partial charge in [0.15, 0.2) is 0 Å². The van der Waals surface area contributed by atoms with E-state index in [9.17, 15) is 14.4 Å². The maximum Gasteiger partial charge on any atom is 0.225 e. The number of methoxy groups -OCH3 is 1. The Morgan fingerprint density at radius 3 is 2.52 bits per heavy atom. The summed E-state index contributed by atoms with van der Waals surface area (Å²) in [6, 6.07) is 7.80. The Hall–Kier alpha value is -2.57. The normalized spacial score (nSPS) is 21.8. The first kappa shape index (κ1) is 19.7. The molecule has 156 valence electrons. The average Bonchev–Trinajstić information content (AvgIpc) is 3.45. The SMILES string of the molecule is COc1ccc(CCC(=O)N2CC(N3CC(C(=O)NCC4CC4)CC3=O)C2)cc1. The van der Waals surface area contributed by atoms with E-state index in [4.69, 9.17) is 4.74 Å². The van der Waals surface area contributed by atoms with Crippen LogP contribution in [0.2, 0.25) is 0 Å². The molecule has 4 rings (SSSR count). The number of benzene rings is 1. The van der Waals surface area contributed by atoms with Crippen LogP contribution in [0.5, 0.6) is 5.75 Å². The van der Waals surface area contributed by atoms with Crippen molar-refractivity contribution in [2.24, 2.45) is 11.8 Å². The number of carbonyl (C=O) groups is 3. The lowest BCUT2D eigenvalue weighted by Crippen LogP contribution is -2.61. The van der Waals surface area contributed by atoms with Crippen LogP contribution >= 0.6 is 0 Å². The predicted octanol–water partition coefficient (Wildman–Crippen LogP) is 1.21. The molecule has 2 heterocycles. The van der Waals surface area contributed by atoms with Gasteiger partial charge in [-0.25, -0.2) is 0 Å². The molecule has 7 heteroatoms. The van der Waals surface area contributed by atoms with Crippen molar-refractivity contribution in [2.75, 3.05) is 33.3 Å². The molecule has 0 spiro atoms. The highest BCUT2D eigenvalue weighted by molar-refractivity contribution is 5.89. The summed E-state index contributed by atoms with van der Waals surface area (Å²) in [4.78, 5) is 40.6. The zero-order valence-corrected chi connectivity index (χ0v) is 16.9. The Kier molecular flexibility index (Phi) is 5.74. The molecule has 1 aliphatic carbocycles. The molecule has 1 N–H and O–H groups in total. The molecule has 2 saturated heterocycles. The highest BCUT2D eigenvalue weighted by Crippen LogP contribution is 2.29. The van der Waals surface area contributed by atoms with Crippen LogP contribution in [0.3, 0.4) is 0 Å². The lowest BCUT2D eigenvalue weighted by molar-refractivity contribution is -0.144. The van der Waals surface area contributed by atoms with E-state index in [1.54, 1.807) is 12.0 Å². The first-order valence-electron chi connectivity index (χ1n) is 10.5. The second-order valence-electron chi connectivity index (χ2n) is 8.44. The first-order valence-corrected chi connectivity index (χ1v) is 10.5. The standard InChI is InChI=1S/C22H29N3O4/c1-29-19-7-4-15(5-8-19)6-9-20(26)24-13-18(14-24)25-12-17(10-21(25)27)22(28)23-11-16-2-3-16/h4-5,7-8,16-18H,2-3,6,9-14H2,1H3,(H,23,28). The summed E-state index contributed by atoms with van der Waals surface area (Å²) >= 11 is 0. The quantitative estimate of drug-likeness (QED) is 0.713. The molecule has 3 fully saturated rings. The molecule has 1 aromatic rings. The molecular formula is C22H29N3O4. The number of amides is 3. The summed E-state index contributed by atoms with van der Waals surface area (Å²) in [6.07, 6.45) is 3.83. The van der Waals surface area contributed by atoms with Gasteiger partial charge in [-0.05, 0) is 42.9 Å². The highest BCUT2D eigenvalue weighted by Gasteiger charge is 2.43. The number of hydrogen-bond donors (Lipinski definition) is 1. The molecule has 0 aromatic heterocycles. The van der Waals surface area contributed by atoms with Crippen LogP contribution < -0.4 is 10.1 Å². The zero-order chi connectivity index (χ0) is 20.4. The van der Waals surface area contributed by atoms with Crippen molar-refractivity contribution < 1.29 is 19.1 Å². The monoisotopic (exact) mass is 399 g/mol. The third-order valence-electron chi connectivity index (χ3n) is 6.23. The van der Waals surface area contributed by atoms with Crippen molar-refractivity contribution in [1.82, 2.24) is 15.1 Å². The minimum Gasteiger partial charge on any atom is -0.497 e. The van der Waals surface area contributed by atoms with Gasteiger partial charge in [0.05, 0.1) is 19.1 Å². The highest BCUT2D eigenvalue weighted by atomic mass is 16.5. The average molecular weight is 399 g/mol. The zero-order valence-electron chi connectivity index (χ0n) is 16.9. The molecular weight excluding hydrogens is 370 g/mol. The van der Waals surface area contributed by atoms with Gasteiger partial charge in [-0.1, -0.05) is 12.1 Å². The summed E-state index contributed by atoms with van der Waals surface area (Å²) < 4.78 is 5.15. The number of aryl methyl sites for hydroxylation is 1. The molecule has 0 radical (unpaired) electrons. The van der Waals surface area contributed by atoms with Gasteiger partial charge in [-0.15, -0.1) is 0 Å². The van der Waals surface area contributed by atoms with Gasteiger partial charge in [0, 0.05) is 39.0 Å². The number of ether oxygens (including phenoxy) is 1. The van der Waals surface area contributed by atoms with E-state index in [-0.39, 0.29) is 29.7 Å². The van der Waals surface area contributed by atoms with E-state index in [1.165, 1.54) is 12.8 Å². The van der Waals surface area contributed by atoms with Gasteiger partial charge in [0.1, 0.15) is 5.75 Å². The van der Waals surface area contributed by atoms with Gasteiger partial charge in [0.2, 0.25) is 17.7 Å². The summed E-state index contributed by atoms with van der Waals surface area (Å²) in [5, 5.41) is 2.98. The summed E-state index contributed by atoms with van der Waals surface area (Å²) in [5.41, 5.74) is 1.10. The molecule has 2 aliphatic heterocycles. The summed E-state index contributed by atoms with van der Waals surface area (Å²) in [7, 11) is 1.63. The Labute approximate surface area is 171 Å². The molecule has 3 amide bonds. The van der Waals surface area contributed by atoms with Crippen LogP contribution in [0, 0.1) is 11.8 Å². The number of likely N-dealkylation sites (tertiary alicyclic amines) is 2. The minimum atomic E-state index is -0.249. The van der Waals surface area contributed by atoms with Crippen molar-refractivity contribution >= 4 is 17.7 Å². The number of hydrogen-bond acceptors (Lipinski definition) is 4. The maximum atomic E-state index is 12.4. The van der Waals surface area contributed by atoms with Crippen LogP contribution in [0.4, 0.5) is 0 Å². The largest absolute Gasteiger partial charge is 0.497 e. The van der Waals surface area contributed by atoms with Crippen LogP contribution in [0.15, 0.2) is 24.3 Å². The molecule has 7 nitrogen and oxygen atoms in total. The minimum absolute atomic E-state index is 0.000465. The van der Waals surface area contributed by atoms with Gasteiger partial charge in [-0.3, -0.25) is 14.4 Å². The van der Waals surface area contributed by atoms with E-state index in [0.29, 0.717) is 44.8 Å². The maximum absolute atomic E-state index is 12.4. The summed E-state index contributed by atoms with van der Waals surface area (Å²) in [6.45, 7) is 2.37. The Morgan fingerprint density at radius 2 is 1.86 bits per heavy atom. The number of carbonyl (C=O) groups excluding carboxylic acids is 3. The van der Waals surface area contributed by atoms with Crippen molar-refractivity contribution in [3.8, 4) is 5.75 Å². The van der Waals surface area contributed by atoms with Gasteiger partial charge in [-0.2, -0.15) is 0 Å². The van der Waals surface area contributed by atoms with Crippen LogP contribution in [-0.2, 0) is 20.8 Å². The summed E-state index contributed by atoms with van der Waals surface area (Å²) in [5.74, 6) is 1.34. The molecule has 1 atom stereocenters. The van der Waals surface area contributed by atoms with Crippen molar-refractivity contribution in [2.45, 2.75) is 38.1 Å². The van der Waals surface area contributed by atoms with E-state index in [2.05, 4.69) is 5.32 Å². The van der Waals surface area contributed by atoms with Gasteiger partial charge >= 0.3 is 0 Å². The topological polar surface area (TPSA) is 79.0 Å². The number of nitrogens with zero attached hydrogens (tertiary/aromatic N) is 2. The molecule has 1 saturated carbocycles.